The van der Waals surface area contributed by atoms with Crippen LogP contribution < -0.4 is 9.80 Å². The third-order valence-corrected chi connectivity index (χ3v) is 4.39. The number of likely N-dealkylation sites (N-methyl/N-ethyl adjacent to an activating group) is 1. The van der Waals surface area contributed by atoms with E-state index in [9.17, 15) is 0 Å². The van der Waals surface area contributed by atoms with Crippen LogP contribution in [0.4, 0.5) is 11.6 Å². The van der Waals surface area contributed by atoms with E-state index in [2.05, 4.69) is 47.4 Å². The van der Waals surface area contributed by atoms with Gasteiger partial charge in [0.1, 0.15) is 24.3 Å². The summed E-state index contributed by atoms with van der Waals surface area (Å²) in [6, 6.07) is 8.16. The van der Waals surface area contributed by atoms with Crippen molar-refractivity contribution in [3.63, 3.8) is 0 Å². The summed E-state index contributed by atoms with van der Waals surface area (Å²) in [6.45, 7) is 1.78. The Morgan fingerprint density at radius 1 is 0.917 bits per heavy atom. The first kappa shape index (κ1) is 13.2. The zero-order valence-corrected chi connectivity index (χ0v) is 12.9. The van der Waals surface area contributed by atoms with E-state index in [-0.39, 0.29) is 0 Å². The fraction of sp³-hybridized carbons (Fsp3) is 0.286. The number of hydrogen-bond donors (Lipinski definition) is 0. The molecule has 24 heavy (non-hydrogen) atoms. The molecule has 0 radical (unpaired) electrons. The predicted molar refractivity (Wildman–Crippen MR) is 86.0 cm³/mol. The maximum atomic E-state index is 4.53. The minimum Gasteiger partial charge on any atom is -0.352 e. The highest BCUT2D eigenvalue weighted by Crippen LogP contribution is 2.24. The molecular weight excluding hydrogens is 308 g/mol. The van der Waals surface area contributed by atoms with E-state index < -0.39 is 0 Å². The number of aromatic nitrogens is 8. The lowest BCUT2D eigenvalue weighted by Gasteiger charge is -2.44. The van der Waals surface area contributed by atoms with Gasteiger partial charge in [0.25, 0.3) is 0 Å². The van der Waals surface area contributed by atoms with Crippen LogP contribution in [0.15, 0.2) is 36.9 Å². The molecule has 1 aliphatic heterocycles. The molecule has 120 valence electrons. The van der Waals surface area contributed by atoms with Crippen LogP contribution >= 0.6 is 0 Å². The highest BCUT2D eigenvalue weighted by molar-refractivity contribution is 5.51. The summed E-state index contributed by atoms with van der Waals surface area (Å²) in [6.07, 6.45) is 3.22. The highest BCUT2D eigenvalue weighted by atomic mass is 15.4. The normalized spacial score (nSPS) is 15.1. The van der Waals surface area contributed by atoms with Crippen molar-refractivity contribution < 1.29 is 0 Å². The average Bonchev–Trinajstić information content (AvgIpc) is 3.21. The van der Waals surface area contributed by atoms with Gasteiger partial charge in [-0.05, 0) is 24.3 Å². The molecule has 0 amide bonds. The van der Waals surface area contributed by atoms with Gasteiger partial charge in [-0.15, -0.1) is 30.6 Å². The molecule has 0 unspecified atom stereocenters. The van der Waals surface area contributed by atoms with Gasteiger partial charge in [0.05, 0.1) is 6.04 Å². The number of anilines is 2. The molecule has 0 bridgehead atoms. The smallest absolute Gasteiger partial charge is 0.177 e. The monoisotopic (exact) mass is 322 g/mol. The summed E-state index contributed by atoms with van der Waals surface area (Å²) in [5.41, 5.74) is 1.49. The largest absolute Gasteiger partial charge is 0.352 e. The number of rotatable bonds is 3. The Kier molecular flexibility index (Phi) is 2.66. The van der Waals surface area contributed by atoms with Crippen LogP contribution in [0.2, 0.25) is 0 Å². The van der Waals surface area contributed by atoms with E-state index in [1.807, 2.05) is 24.3 Å². The van der Waals surface area contributed by atoms with Crippen molar-refractivity contribution in [2.24, 2.45) is 0 Å². The van der Waals surface area contributed by atoms with Crippen LogP contribution in [0.25, 0.3) is 11.3 Å². The van der Waals surface area contributed by atoms with Crippen molar-refractivity contribution >= 4 is 22.9 Å². The van der Waals surface area contributed by atoms with E-state index >= 15 is 0 Å². The number of nitrogens with zero attached hydrogens (tertiary/aromatic N) is 10. The van der Waals surface area contributed by atoms with Gasteiger partial charge in [-0.3, -0.25) is 0 Å². The molecule has 0 atom stereocenters. The molecule has 1 aliphatic rings. The van der Waals surface area contributed by atoms with Gasteiger partial charge in [0, 0.05) is 20.1 Å². The highest BCUT2D eigenvalue weighted by Gasteiger charge is 2.32. The first-order valence-corrected chi connectivity index (χ1v) is 7.60. The third-order valence-electron chi connectivity index (χ3n) is 4.39. The van der Waals surface area contributed by atoms with Gasteiger partial charge >= 0.3 is 0 Å². The second kappa shape index (κ2) is 4.85. The Balaban J connectivity index is 1.32. The molecule has 0 aliphatic carbocycles. The van der Waals surface area contributed by atoms with E-state index in [0.29, 0.717) is 6.04 Å². The SMILES string of the molecule is CN(c1ccc2nncn2n1)C1CN(c2ccc3nncn3n2)C1. The Labute approximate surface area is 136 Å². The number of hydrogen-bond acceptors (Lipinski definition) is 8. The molecule has 5 heterocycles. The van der Waals surface area contributed by atoms with E-state index in [1.54, 1.807) is 21.7 Å². The van der Waals surface area contributed by atoms with Crippen LogP contribution in [0.5, 0.6) is 0 Å². The molecule has 0 spiro atoms. The molecule has 0 N–H and O–H groups in total. The molecule has 5 rings (SSSR count). The first-order valence-electron chi connectivity index (χ1n) is 7.60. The summed E-state index contributed by atoms with van der Waals surface area (Å²) in [7, 11) is 2.05. The molecule has 1 fully saturated rings. The maximum Gasteiger partial charge on any atom is 0.177 e. The Hall–Kier alpha value is -3.30. The van der Waals surface area contributed by atoms with Gasteiger partial charge < -0.3 is 9.80 Å². The topological polar surface area (TPSA) is 92.6 Å². The van der Waals surface area contributed by atoms with Crippen molar-refractivity contribution in [1.29, 1.82) is 0 Å². The molecular formula is C14H14N10. The zero-order chi connectivity index (χ0) is 16.1. The zero-order valence-electron chi connectivity index (χ0n) is 12.9. The molecule has 10 nitrogen and oxygen atoms in total. The molecule has 10 heteroatoms. The second-order valence-corrected chi connectivity index (χ2v) is 5.82. The summed E-state index contributed by atoms with van der Waals surface area (Å²) in [5, 5.41) is 24.7. The van der Waals surface area contributed by atoms with Gasteiger partial charge in [-0.2, -0.15) is 9.03 Å². The summed E-state index contributed by atoms with van der Waals surface area (Å²) in [5.74, 6) is 1.82. The summed E-state index contributed by atoms with van der Waals surface area (Å²) < 4.78 is 3.37. The summed E-state index contributed by atoms with van der Waals surface area (Å²) >= 11 is 0. The predicted octanol–water partition coefficient (Wildman–Crippen LogP) is -0.113. The lowest BCUT2D eigenvalue weighted by atomic mass is 10.1. The molecule has 4 aromatic heterocycles. The second-order valence-electron chi connectivity index (χ2n) is 5.82. The van der Waals surface area contributed by atoms with E-state index in [1.165, 1.54) is 0 Å². The van der Waals surface area contributed by atoms with Crippen LogP contribution in [0.1, 0.15) is 0 Å². The van der Waals surface area contributed by atoms with E-state index in [0.717, 1.165) is 36.0 Å². The van der Waals surface area contributed by atoms with Crippen LogP contribution in [-0.2, 0) is 0 Å². The maximum absolute atomic E-state index is 4.53. The molecule has 0 aromatic carbocycles. The fourth-order valence-corrected chi connectivity index (χ4v) is 2.87. The van der Waals surface area contributed by atoms with Crippen LogP contribution in [-0.4, -0.2) is 65.8 Å². The Bertz CT molecular complexity index is 1010. The Morgan fingerprint density at radius 3 is 2.33 bits per heavy atom. The first-order chi connectivity index (χ1) is 11.8. The Morgan fingerprint density at radius 2 is 1.58 bits per heavy atom. The molecule has 0 saturated carbocycles. The molecule has 4 aromatic rings. The quantitative estimate of drug-likeness (QED) is 0.516. The van der Waals surface area contributed by atoms with Crippen LogP contribution in [0, 0.1) is 0 Å². The third kappa shape index (κ3) is 1.96. The number of fused-ring (bicyclic) bond motifs is 2. The van der Waals surface area contributed by atoms with Crippen molar-refractivity contribution in [1.82, 2.24) is 39.6 Å². The summed E-state index contributed by atoms with van der Waals surface area (Å²) in [4.78, 5) is 4.39. The molecule has 1 saturated heterocycles. The fourth-order valence-electron chi connectivity index (χ4n) is 2.87. The van der Waals surface area contributed by atoms with Crippen molar-refractivity contribution in [3.05, 3.63) is 36.9 Å². The van der Waals surface area contributed by atoms with Crippen molar-refractivity contribution in [2.75, 3.05) is 29.9 Å². The average molecular weight is 322 g/mol. The van der Waals surface area contributed by atoms with Gasteiger partial charge in [-0.1, -0.05) is 0 Å². The standard InChI is InChI=1S/C14H14N10/c1-21(13-4-2-11-17-15-8-23(11)19-13)10-6-22(7-10)14-5-3-12-18-16-9-24(12)20-14/h2-5,8-10H,6-7H2,1H3. The lowest BCUT2D eigenvalue weighted by Crippen LogP contribution is -2.59. The lowest BCUT2D eigenvalue weighted by molar-refractivity contribution is 0.485. The van der Waals surface area contributed by atoms with Crippen molar-refractivity contribution in [3.8, 4) is 0 Å². The van der Waals surface area contributed by atoms with E-state index in [4.69, 9.17) is 0 Å². The van der Waals surface area contributed by atoms with Crippen LogP contribution in [0.3, 0.4) is 0 Å². The van der Waals surface area contributed by atoms with Gasteiger partial charge in [0.2, 0.25) is 0 Å². The van der Waals surface area contributed by atoms with Gasteiger partial charge in [-0.25, -0.2) is 0 Å². The van der Waals surface area contributed by atoms with Gasteiger partial charge in [0.15, 0.2) is 11.3 Å². The minimum atomic E-state index is 0.379. The minimum absolute atomic E-state index is 0.379. The van der Waals surface area contributed by atoms with Crippen molar-refractivity contribution in [2.45, 2.75) is 6.04 Å².